The minimum Gasteiger partial charge on any atom is -0.393 e. The fraction of sp³-hybridized carbons (Fsp3) is 0.471. The molecule has 2 N–H and O–H groups in total. The van der Waals surface area contributed by atoms with E-state index in [1.807, 2.05) is 30.3 Å². The lowest BCUT2D eigenvalue weighted by molar-refractivity contribution is -0.121. The van der Waals surface area contributed by atoms with Crippen LogP contribution in [0.4, 0.5) is 0 Å². The van der Waals surface area contributed by atoms with Gasteiger partial charge in [0.05, 0.1) is 6.10 Å². The highest BCUT2D eigenvalue weighted by molar-refractivity contribution is 5.75. The third-order valence-corrected chi connectivity index (χ3v) is 3.11. The van der Waals surface area contributed by atoms with E-state index in [9.17, 15) is 9.90 Å². The van der Waals surface area contributed by atoms with Crippen molar-refractivity contribution in [3.05, 3.63) is 48.0 Å². The number of aliphatic hydroxyl groups is 1. The van der Waals surface area contributed by atoms with Crippen LogP contribution in [0.15, 0.2) is 42.5 Å². The Morgan fingerprint density at radius 2 is 2.00 bits per heavy atom. The van der Waals surface area contributed by atoms with E-state index in [0.29, 0.717) is 19.4 Å². The van der Waals surface area contributed by atoms with Gasteiger partial charge < -0.3 is 10.4 Å². The van der Waals surface area contributed by atoms with E-state index in [4.69, 9.17) is 0 Å². The zero-order chi connectivity index (χ0) is 14.6. The van der Waals surface area contributed by atoms with Crippen molar-refractivity contribution in [1.29, 1.82) is 0 Å². The van der Waals surface area contributed by atoms with Gasteiger partial charge in [0.25, 0.3) is 0 Å². The molecule has 0 aliphatic heterocycles. The van der Waals surface area contributed by atoms with Crippen molar-refractivity contribution in [2.45, 2.75) is 51.7 Å². The van der Waals surface area contributed by atoms with Gasteiger partial charge in [-0.15, -0.1) is 0 Å². The molecule has 20 heavy (non-hydrogen) atoms. The van der Waals surface area contributed by atoms with Crippen molar-refractivity contribution in [2.75, 3.05) is 0 Å². The number of amides is 1. The molecule has 0 fully saturated rings. The summed E-state index contributed by atoms with van der Waals surface area (Å²) >= 11 is 0. The first-order chi connectivity index (χ1) is 9.72. The maximum atomic E-state index is 11.7. The maximum absolute atomic E-state index is 11.7. The van der Waals surface area contributed by atoms with E-state index in [1.54, 1.807) is 0 Å². The molecule has 1 aromatic rings. The molecule has 0 aromatic heterocycles. The molecule has 1 atom stereocenters. The van der Waals surface area contributed by atoms with Crippen LogP contribution in [0, 0.1) is 0 Å². The van der Waals surface area contributed by atoms with Crippen molar-refractivity contribution >= 4 is 5.91 Å². The second-order valence-corrected chi connectivity index (χ2v) is 4.91. The van der Waals surface area contributed by atoms with Gasteiger partial charge >= 0.3 is 0 Å². The van der Waals surface area contributed by atoms with E-state index in [1.165, 1.54) is 0 Å². The first kappa shape index (κ1) is 16.4. The van der Waals surface area contributed by atoms with Gasteiger partial charge in [0.1, 0.15) is 0 Å². The first-order valence-corrected chi connectivity index (χ1v) is 7.36. The Kier molecular flexibility index (Phi) is 8.40. The lowest BCUT2D eigenvalue weighted by Crippen LogP contribution is -2.23. The van der Waals surface area contributed by atoms with Gasteiger partial charge in [0, 0.05) is 13.0 Å². The third kappa shape index (κ3) is 7.74. The second-order valence-electron chi connectivity index (χ2n) is 4.91. The Labute approximate surface area is 121 Å². The number of benzene rings is 1. The van der Waals surface area contributed by atoms with Crippen molar-refractivity contribution < 1.29 is 9.90 Å². The molecule has 1 amide bonds. The summed E-state index contributed by atoms with van der Waals surface area (Å²) < 4.78 is 0. The molecule has 0 aliphatic carbocycles. The Morgan fingerprint density at radius 3 is 2.70 bits per heavy atom. The van der Waals surface area contributed by atoms with Crippen LogP contribution in [0.3, 0.4) is 0 Å². The fourth-order valence-corrected chi connectivity index (χ4v) is 1.90. The smallest absolute Gasteiger partial charge is 0.220 e. The SMILES string of the molecule is CC/C=C\CC[C@H](O)CCC(=O)NCc1ccccc1. The largest absolute Gasteiger partial charge is 0.393 e. The molecule has 0 saturated heterocycles. The molecule has 1 aromatic carbocycles. The van der Waals surface area contributed by atoms with Gasteiger partial charge in [-0.1, -0.05) is 49.4 Å². The summed E-state index contributed by atoms with van der Waals surface area (Å²) in [6.45, 7) is 2.64. The monoisotopic (exact) mass is 275 g/mol. The highest BCUT2D eigenvalue weighted by Crippen LogP contribution is 2.06. The van der Waals surface area contributed by atoms with Crippen LogP contribution < -0.4 is 5.32 Å². The number of carbonyl (C=O) groups is 1. The lowest BCUT2D eigenvalue weighted by atomic mass is 10.1. The average Bonchev–Trinajstić information content (AvgIpc) is 2.48. The highest BCUT2D eigenvalue weighted by atomic mass is 16.3. The van der Waals surface area contributed by atoms with Crippen LogP contribution in [0.2, 0.25) is 0 Å². The molecule has 0 spiro atoms. The summed E-state index contributed by atoms with van der Waals surface area (Å²) in [7, 11) is 0. The predicted molar refractivity (Wildman–Crippen MR) is 82.2 cm³/mol. The Bertz CT molecular complexity index is 401. The normalized spacial score (nSPS) is 12.5. The van der Waals surface area contributed by atoms with E-state index in [-0.39, 0.29) is 12.0 Å². The number of nitrogens with one attached hydrogen (secondary N) is 1. The topological polar surface area (TPSA) is 49.3 Å². The molecule has 0 radical (unpaired) electrons. The first-order valence-electron chi connectivity index (χ1n) is 7.36. The minimum absolute atomic E-state index is 0.00277. The van der Waals surface area contributed by atoms with Crippen LogP contribution in [0.1, 0.15) is 44.6 Å². The molecule has 0 unspecified atom stereocenters. The van der Waals surface area contributed by atoms with Gasteiger partial charge in [-0.3, -0.25) is 4.79 Å². The van der Waals surface area contributed by atoms with E-state index in [0.717, 1.165) is 24.8 Å². The quantitative estimate of drug-likeness (QED) is 0.680. The summed E-state index contributed by atoms with van der Waals surface area (Å²) in [5.74, 6) is -0.00277. The van der Waals surface area contributed by atoms with Gasteiger partial charge in [0.2, 0.25) is 5.91 Å². The van der Waals surface area contributed by atoms with Gasteiger partial charge in [-0.2, -0.15) is 0 Å². The molecule has 0 heterocycles. The van der Waals surface area contributed by atoms with Crippen LogP contribution in [-0.4, -0.2) is 17.1 Å². The van der Waals surface area contributed by atoms with Gasteiger partial charge in [0.15, 0.2) is 0 Å². The highest BCUT2D eigenvalue weighted by Gasteiger charge is 2.07. The van der Waals surface area contributed by atoms with Crippen molar-refractivity contribution in [2.24, 2.45) is 0 Å². The average molecular weight is 275 g/mol. The molecule has 0 bridgehead atoms. The molecule has 110 valence electrons. The summed E-state index contributed by atoms with van der Waals surface area (Å²) in [6, 6.07) is 9.82. The van der Waals surface area contributed by atoms with Gasteiger partial charge in [-0.05, 0) is 31.2 Å². The molecular formula is C17H25NO2. The van der Waals surface area contributed by atoms with Crippen LogP contribution >= 0.6 is 0 Å². The van der Waals surface area contributed by atoms with Crippen LogP contribution in [0.25, 0.3) is 0 Å². The van der Waals surface area contributed by atoms with Crippen molar-refractivity contribution in [3.63, 3.8) is 0 Å². The van der Waals surface area contributed by atoms with E-state index < -0.39 is 0 Å². The molecule has 1 rings (SSSR count). The second kappa shape index (κ2) is 10.2. The van der Waals surface area contributed by atoms with Gasteiger partial charge in [-0.25, -0.2) is 0 Å². The Balaban J connectivity index is 2.11. The summed E-state index contributed by atoms with van der Waals surface area (Å²) in [5, 5.41) is 12.6. The number of hydrogen-bond donors (Lipinski definition) is 2. The van der Waals surface area contributed by atoms with Crippen molar-refractivity contribution in [3.8, 4) is 0 Å². The molecule has 0 saturated carbocycles. The lowest BCUT2D eigenvalue weighted by Gasteiger charge is -2.09. The fourth-order valence-electron chi connectivity index (χ4n) is 1.90. The summed E-state index contributed by atoms with van der Waals surface area (Å²) in [4.78, 5) is 11.7. The number of allylic oxidation sites excluding steroid dienone is 2. The zero-order valence-electron chi connectivity index (χ0n) is 12.2. The van der Waals surface area contributed by atoms with E-state index >= 15 is 0 Å². The standard InChI is InChI=1S/C17H25NO2/c1-2-3-4-8-11-16(19)12-13-17(20)18-14-15-9-6-5-7-10-15/h3-7,9-10,16,19H,2,8,11-14H2,1H3,(H,18,20)/b4-3-/t16-/m0/s1. The van der Waals surface area contributed by atoms with Crippen LogP contribution in [-0.2, 0) is 11.3 Å². The molecular weight excluding hydrogens is 250 g/mol. The summed E-state index contributed by atoms with van der Waals surface area (Å²) in [6.07, 6.45) is 7.32. The Hall–Kier alpha value is -1.61. The number of carbonyl (C=O) groups excluding carboxylic acids is 1. The van der Waals surface area contributed by atoms with Crippen molar-refractivity contribution in [1.82, 2.24) is 5.32 Å². The maximum Gasteiger partial charge on any atom is 0.220 e. The third-order valence-electron chi connectivity index (χ3n) is 3.11. The Morgan fingerprint density at radius 1 is 1.25 bits per heavy atom. The molecule has 3 nitrogen and oxygen atoms in total. The molecule has 3 heteroatoms. The predicted octanol–water partition coefficient (Wildman–Crippen LogP) is 3.19. The van der Waals surface area contributed by atoms with Crippen LogP contribution in [0.5, 0.6) is 0 Å². The minimum atomic E-state index is -0.390. The zero-order valence-corrected chi connectivity index (χ0v) is 12.2. The number of hydrogen-bond acceptors (Lipinski definition) is 2. The number of rotatable bonds is 9. The molecule has 0 aliphatic rings. The van der Waals surface area contributed by atoms with E-state index in [2.05, 4.69) is 24.4 Å². The summed E-state index contributed by atoms with van der Waals surface area (Å²) in [5.41, 5.74) is 1.09. The number of aliphatic hydroxyl groups excluding tert-OH is 1.